The molecule has 1 aromatic rings. The molecule has 0 aliphatic rings. The van der Waals surface area contributed by atoms with Crippen molar-refractivity contribution >= 4 is 24.4 Å². The lowest BCUT2D eigenvalue weighted by molar-refractivity contribution is -0.139. The Morgan fingerprint density at radius 2 is 1.32 bits per heavy atom. The summed E-state index contributed by atoms with van der Waals surface area (Å²) in [5.41, 5.74) is 0.458. The number of aliphatic carboxylic acids is 1. The Morgan fingerprint density at radius 3 is 1.83 bits per heavy atom. The summed E-state index contributed by atoms with van der Waals surface area (Å²) in [5.74, 6) is -1.23. The summed E-state index contributed by atoms with van der Waals surface area (Å²) in [4.78, 5) is 48.4. The van der Waals surface area contributed by atoms with Gasteiger partial charge in [0, 0.05) is 6.54 Å². The molecule has 0 saturated carbocycles. The molecule has 12 heteroatoms. The van der Waals surface area contributed by atoms with Gasteiger partial charge in [0.1, 0.15) is 24.4 Å². The minimum Gasteiger partial charge on any atom is -0.480 e. The van der Waals surface area contributed by atoms with E-state index in [0.29, 0.717) is 18.4 Å². The maximum absolute atomic E-state index is 12.4. The summed E-state index contributed by atoms with van der Waals surface area (Å²) in [6.45, 7) is 13.0. The van der Waals surface area contributed by atoms with E-state index >= 15 is 0 Å². The van der Waals surface area contributed by atoms with Gasteiger partial charge in [0.15, 0.2) is 11.5 Å². The van der Waals surface area contributed by atoms with Crippen molar-refractivity contribution in [1.82, 2.24) is 5.32 Å². The minimum absolute atomic E-state index is 0.0320. The zero-order chi connectivity index (χ0) is 30.9. The molecule has 0 aliphatic heterocycles. The third-order valence-electron chi connectivity index (χ3n) is 5.60. The Balaban J connectivity index is 3.00. The lowest BCUT2D eigenvalue weighted by Crippen LogP contribution is -2.42. The van der Waals surface area contributed by atoms with Gasteiger partial charge in [-0.05, 0) is 63.6 Å². The fourth-order valence-electron chi connectivity index (χ4n) is 3.60. The molecule has 0 heterocycles. The number of nitrogens with one attached hydrogen (secondary N) is 1. The van der Waals surface area contributed by atoms with E-state index in [9.17, 15) is 24.3 Å². The predicted molar refractivity (Wildman–Crippen MR) is 149 cm³/mol. The van der Waals surface area contributed by atoms with Crippen LogP contribution in [0.3, 0.4) is 0 Å². The minimum atomic E-state index is -1.15. The second-order valence-electron chi connectivity index (χ2n) is 10.3. The number of rotatable bonds is 17. The van der Waals surface area contributed by atoms with Crippen LogP contribution in [0.2, 0.25) is 0 Å². The smallest absolute Gasteiger partial charge is 0.480 e. The molecule has 0 saturated heterocycles. The van der Waals surface area contributed by atoms with E-state index in [2.05, 4.69) is 5.32 Å². The van der Waals surface area contributed by atoms with Crippen molar-refractivity contribution in [3.63, 3.8) is 0 Å². The van der Waals surface area contributed by atoms with Gasteiger partial charge >= 0.3 is 24.4 Å². The molecule has 0 spiro atoms. The summed E-state index contributed by atoms with van der Waals surface area (Å²) < 4.78 is 31.2. The lowest BCUT2D eigenvalue weighted by atomic mass is 10.0. The van der Waals surface area contributed by atoms with Crippen LogP contribution >= 0.6 is 0 Å². The number of hydrogen-bond donors (Lipinski definition) is 2. The van der Waals surface area contributed by atoms with Crippen molar-refractivity contribution < 1.29 is 52.7 Å². The number of carbonyl (C=O) groups excluding carboxylic acids is 3. The zero-order valence-electron chi connectivity index (χ0n) is 25.1. The third kappa shape index (κ3) is 15.1. The average Bonchev–Trinajstić information content (AvgIpc) is 2.86. The molecule has 12 nitrogen and oxygen atoms in total. The van der Waals surface area contributed by atoms with Gasteiger partial charge in [0.2, 0.25) is 0 Å². The van der Waals surface area contributed by atoms with Gasteiger partial charge in [-0.25, -0.2) is 14.4 Å². The van der Waals surface area contributed by atoms with Crippen molar-refractivity contribution in [2.24, 2.45) is 5.92 Å². The second kappa shape index (κ2) is 18.7. The van der Waals surface area contributed by atoms with Gasteiger partial charge < -0.3 is 38.8 Å². The quantitative estimate of drug-likeness (QED) is 0.128. The number of hydrogen-bond acceptors (Lipinski definition) is 11. The van der Waals surface area contributed by atoms with E-state index in [1.54, 1.807) is 20.8 Å². The summed E-state index contributed by atoms with van der Waals surface area (Å²) in [7, 11) is 0. The summed E-state index contributed by atoms with van der Waals surface area (Å²) in [6.07, 6.45) is -1.38. The van der Waals surface area contributed by atoms with E-state index in [1.807, 2.05) is 27.7 Å². The first-order valence-corrected chi connectivity index (χ1v) is 14.0. The largest absolute Gasteiger partial charge is 0.514 e. The number of carbonyl (C=O) groups is 4. The molecule has 3 unspecified atom stereocenters. The SMILES string of the molecule is CCCC(C)OC(=O)Oc1ccc(C[C@H](NCC(C)OC(=O)OCC(C)C)C(=O)O)cc1OC(=O)OC(C)CCC. The van der Waals surface area contributed by atoms with Crippen molar-refractivity contribution in [2.75, 3.05) is 13.2 Å². The van der Waals surface area contributed by atoms with E-state index in [4.69, 9.17) is 28.4 Å². The highest BCUT2D eigenvalue weighted by molar-refractivity contribution is 5.74. The molecule has 0 fully saturated rings. The molecule has 0 aliphatic carbocycles. The molecule has 41 heavy (non-hydrogen) atoms. The first-order chi connectivity index (χ1) is 19.3. The zero-order valence-corrected chi connectivity index (χ0v) is 25.1. The normalized spacial score (nSPS) is 13.9. The van der Waals surface area contributed by atoms with Gasteiger partial charge in [0.05, 0.1) is 6.61 Å². The Labute approximate surface area is 241 Å². The highest BCUT2D eigenvalue weighted by Gasteiger charge is 2.23. The maximum atomic E-state index is 12.4. The summed E-state index contributed by atoms with van der Waals surface area (Å²) in [5, 5.41) is 12.6. The van der Waals surface area contributed by atoms with E-state index in [1.165, 1.54) is 18.2 Å². The first kappa shape index (κ1) is 35.5. The van der Waals surface area contributed by atoms with Crippen LogP contribution in [0, 0.1) is 5.92 Å². The van der Waals surface area contributed by atoms with Gasteiger partial charge in [-0.15, -0.1) is 0 Å². The Hall–Kier alpha value is -3.54. The third-order valence-corrected chi connectivity index (χ3v) is 5.60. The van der Waals surface area contributed by atoms with Crippen LogP contribution < -0.4 is 14.8 Å². The molecule has 0 aromatic heterocycles. The van der Waals surface area contributed by atoms with E-state index in [0.717, 1.165) is 12.8 Å². The van der Waals surface area contributed by atoms with E-state index in [-0.39, 0.29) is 43.1 Å². The van der Waals surface area contributed by atoms with Crippen LogP contribution in [0.5, 0.6) is 11.5 Å². The fourth-order valence-corrected chi connectivity index (χ4v) is 3.60. The highest BCUT2D eigenvalue weighted by Crippen LogP contribution is 2.30. The number of carboxylic acid groups (broad SMARTS) is 1. The molecule has 1 rings (SSSR count). The van der Waals surface area contributed by atoms with Crippen molar-refractivity contribution in [1.29, 1.82) is 0 Å². The standard InChI is InChI=1S/C29H45NO11/c1-8-10-19(5)37-28(34)40-24-13-12-22(15-25(24)41-29(35)38-20(6)11-9-2)14-23(26(31)32)30-16-21(7)39-27(33)36-17-18(3)4/h12-13,15,18-21,23,30H,8-11,14,16-17H2,1-7H3,(H,31,32)/t19?,20?,21?,23-/m0/s1. The molecule has 232 valence electrons. The number of ether oxygens (including phenoxy) is 6. The van der Waals surface area contributed by atoms with Crippen molar-refractivity contribution in [3.05, 3.63) is 23.8 Å². The van der Waals surface area contributed by atoms with E-state index < -0.39 is 42.7 Å². The maximum Gasteiger partial charge on any atom is 0.514 e. The fraction of sp³-hybridized carbons (Fsp3) is 0.655. The van der Waals surface area contributed by atoms with Crippen LogP contribution in [0.4, 0.5) is 14.4 Å². The number of benzene rings is 1. The topological polar surface area (TPSA) is 156 Å². The van der Waals surface area contributed by atoms with Crippen LogP contribution in [-0.4, -0.2) is 67.0 Å². The Morgan fingerprint density at radius 1 is 0.780 bits per heavy atom. The molecule has 1 aromatic carbocycles. The second-order valence-corrected chi connectivity index (χ2v) is 10.3. The number of carboxylic acids is 1. The Bertz CT molecular complexity index is 982. The molecule has 0 radical (unpaired) electrons. The van der Waals surface area contributed by atoms with Crippen LogP contribution in [0.25, 0.3) is 0 Å². The summed E-state index contributed by atoms with van der Waals surface area (Å²) in [6, 6.07) is 3.24. The van der Waals surface area contributed by atoms with Gasteiger partial charge in [-0.1, -0.05) is 46.6 Å². The average molecular weight is 584 g/mol. The first-order valence-electron chi connectivity index (χ1n) is 14.0. The van der Waals surface area contributed by atoms with Crippen molar-refractivity contribution in [3.8, 4) is 11.5 Å². The Kier molecular flexibility index (Phi) is 16.2. The molecule has 0 amide bonds. The van der Waals surface area contributed by atoms with Crippen LogP contribution in [0.15, 0.2) is 18.2 Å². The molecule has 2 N–H and O–H groups in total. The lowest BCUT2D eigenvalue weighted by Gasteiger charge is -2.19. The predicted octanol–water partition coefficient (Wildman–Crippen LogP) is 5.88. The van der Waals surface area contributed by atoms with Crippen LogP contribution in [-0.2, 0) is 30.2 Å². The van der Waals surface area contributed by atoms with Gasteiger partial charge in [-0.3, -0.25) is 4.79 Å². The molecular weight excluding hydrogens is 538 g/mol. The highest BCUT2D eigenvalue weighted by atomic mass is 16.8. The molecule has 0 bridgehead atoms. The van der Waals surface area contributed by atoms with Gasteiger partial charge in [0.25, 0.3) is 0 Å². The molecule has 4 atom stereocenters. The van der Waals surface area contributed by atoms with Crippen molar-refractivity contribution in [2.45, 2.75) is 105 Å². The van der Waals surface area contributed by atoms with Crippen LogP contribution in [0.1, 0.15) is 79.7 Å². The monoisotopic (exact) mass is 583 g/mol. The summed E-state index contributed by atoms with van der Waals surface area (Å²) >= 11 is 0. The molecular formula is C29H45NO11. The van der Waals surface area contributed by atoms with Gasteiger partial charge in [-0.2, -0.15) is 0 Å².